The second-order valence-electron chi connectivity index (χ2n) is 6.53. The SMILES string of the molecule is Cc1ccc(NS(=O)(=O)c2c(F)cccc2F)c(F)c1C(C)(C)C. The Kier molecular flexibility index (Phi) is 4.68. The van der Waals surface area contributed by atoms with Gasteiger partial charge < -0.3 is 0 Å². The van der Waals surface area contributed by atoms with Crippen molar-refractivity contribution in [2.24, 2.45) is 0 Å². The minimum absolute atomic E-state index is 0.330. The van der Waals surface area contributed by atoms with Crippen molar-refractivity contribution in [2.75, 3.05) is 4.72 Å². The van der Waals surface area contributed by atoms with E-state index in [1.54, 1.807) is 33.8 Å². The molecule has 0 aliphatic rings. The van der Waals surface area contributed by atoms with Crippen LogP contribution >= 0.6 is 0 Å². The molecule has 0 saturated carbocycles. The predicted octanol–water partition coefficient (Wildman–Crippen LogP) is 4.51. The molecule has 0 spiro atoms. The van der Waals surface area contributed by atoms with Gasteiger partial charge in [-0.3, -0.25) is 4.72 Å². The van der Waals surface area contributed by atoms with E-state index in [4.69, 9.17) is 0 Å². The van der Waals surface area contributed by atoms with E-state index in [0.717, 1.165) is 18.2 Å². The van der Waals surface area contributed by atoms with Crippen LogP contribution in [0.2, 0.25) is 0 Å². The van der Waals surface area contributed by atoms with Gasteiger partial charge in [-0.1, -0.05) is 32.9 Å². The predicted molar refractivity (Wildman–Crippen MR) is 87.0 cm³/mol. The molecule has 7 heteroatoms. The van der Waals surface area contributed by atoms with E-state index >= 15 is 0 Å². The van der Waals surface area contributed by atoms with Crippen molar-refractivity contribution in [1.82, 2.24) is 0 Å². The van der Waals surface area contributed by atoms with Crippen molar-refractivity contribution in [3.05, 3.63) is 58.9 Å². The lowest BCUT2D eigenvalue weighted by Gasteiger charge is -2.24. The number of halogens is 3. The fraction of sp³-hybridized carbons (Fsp3) is 0.294. The molecule has 1 N–H and O–H groups in total. The Morgan fingerprint density at radius 3 is 2.00 bits per heavy atom. The highest BCUT2D eigenvalue weighted by Gasteiger charge is 2.28. The van der Waals surface area contributed by atoms with Gasteiger partial charge in [0.15, 0.2) is 10.7 Å². The number of sulfonamides is 1. The van der Waals surface area contributed by atoms with Crippen molar-refractivity contribution in [3.8, 4) is 0 Å². The number of benzene rings is 2. The first kappa shape index (κ1) is 18.3. The van der Waals surface area contributed by atoms with Gasteiger partial charge in [-0.05, 0) is 41.7 Å². The third kappa shape index (κ3) is 3.40. The molecule has 2 aromatic rings. The minimum Gasteiger partial charge on any atom is -0.276 e. The zero-order valence-corrected chi connectivity index (χ0v) is 14.6. The lowest BCUT2D eigenvalue weighted by atomic mass is 9.83. The summed E-state index contributed by atoms with van der Waals surface area (Å²) < 4.78 is 68.7. The van der Waals surface area contributed by atoms with E-state index in [0.29, 0.717) is 11.1 Å². The van der Waals surface area contributed by atoms with Crippen LogP contribution in [0.3, 0.4) is 0 Å². The maximum absolute atomic E-state index is 14.8. The highest BCUT2D eigenvalue weighted by Crippen LogP contribution is 2.33. The largest absolute Gasteiger partial charge is 0.276 e. The molecule has 0 bridgehead atoms. The summed E-state index contributed by atoms with van der Waals surface area (Å²) in [6.45, 7) is 7.06. The quantitative estimate of drug-likeness (QED) is 0.878. The van der Waals surface area contributed by atoms with Crippen LogP contribution in [0.4, 0.5) is 18.9 Å². The first-order valence-corrected chi connectivity index (χ1v) is 8.70. The van der Waals surface area contributed by atoms with Crippen LogP contribution in [0, 0.1) is 24.4 Å². The Bertz CT molecular complexity index is 867. The molecule has 2 rings (SSSR count). The number of anilines is 1. The van der Waals surface area contributed by atoms with Gasteiger partial charge in [-0.25, -0.2) is 21.6 Å². The van der Waals surface area contributed by atoms with Gasteiger partial charge in [0.05, 0.1) is 5.69 Å². The Morgan fingerprint density at radius 1 is 0.958 bits per heavy atom. The maximum Gasteiger partial charge on any atom is 0.267 e. The summed E-state index contributed by atoms with van der Waals surface area (Å²) in [4.78, 5) is -1.14. The Labute approximate surface area is 139 Å². The number of hydrogen-bond acceptors (Lipinski definition) is 2. The minimum atomic E-state index is -4.61. The summed E-state index contributed by atoms with van der Waals surface area (Å²) in [6, 6.07) is 5.48. The molecule has 0 heterocycles. The Balaban J connectivity index is 2.56. The maximum atomic E-state index is 14.8. The van der Waals surface area contributed by atoms with Gasteiger partial charge in [-0.2, -0.15) is 0 Å². The van der Waals surface area contributed by atoms with Gasteiger partial charge >= 0.3 is 0 Å². The molecule has 0 saturated heterocycles. The molecule has 24 heavy (non-hydrogen) atoms. The first-order valence-electron chi connectivity index (χ1n) is 7.21. The summed E-state index contributed by atoms with van der Waals surface area (Å²) in [5.41, 5.74) is 0.0590. The lowest BCUT2D eigenvalue weighted by molar-refractivity contribution is 0.516. The second kappa shape index (κ2) is 6.12. The average molecular weight is 357 g/mol. The smallest absolute Gasteiger partial charge is 0.267 e. The molecule has 0 aliphatic heterocycles. The van der Waals surface area contributed by atoms with E-state index in [2.05, 4.69) is 0 Å². The summed E-state index contributed by atoms with van der Waals surface area (Å²) in [5.74, 6) is -3.25. The van der Waals surface area contributed by atoms with E-state index < -0.39 is 37.8 Å². The van der Waals surface area contributed by atoms with Crippen molar-refractivity contribution in [2.45, 2.75) is 38.0 Å². The first-order chi connectivity index (χ1) is 10.9. The highest BCUT2D eigenvalue weighted by atomic mass is 32.2. The van der Waals surface area contributed by atoms with Gasteiger partial charge in [0.25, 0.3) is 10.0 Å². The fourth-order valence-corrected chi connectivity index (χ4v) is 3.81. The number of hydrogen-bond donors (Lipinski definition) is 1. The van der Waals surface area contributed by atoms with Crippen LogP contribution in [-0.2, 0) is 15.4 Å². The van der Waals surface area contributed by atoms with E-state index in [-0.39, 0.29) is 5.69 Å². The molecule has 130 valence electrons. The average Bonchev–Trinajstić information content (AvgIpc) is 2.40. The van der Waals surface area contributed by atoms with Crippen molar-refractivity contribution in [3.63, 3.8) is 0 Å². The molecule has 2 aromatic carbocycles. The molecular weight excluding hydrogens is 339 g/mol. The van der Waals surface area contributed by atoms with Gasteiger partial charge in [0, 0.05) is 0 Å². The second-order valence-corrected chi connectivity index (χ2v) is 8.14. The lowest BCUT2D eigenvalue weighted by Crippen LogP contribution is -2.20. The number of nitrogens with one attached hydrogen (secondary N) is 1. The number of aryl methyl sites for hydroxylation is 1. The van der Waals surface area contributed by atoms with Crippen LogP contribution in [0.1, 0.15) is 31.9 Å². The van der Waals surface area contributed by atoms with Crippen molar-refractivity contribution < 1.29 is 21.6 Å². The Morgan fingerprint density at radius 2 is 1.50 bits per heavy atom. The molecule has 3 nitrogen and oxygen atoms in total. The van der Waals surface area contributed by atoms with Crippen LogP contribution in [0.15, 0.2) is 35.2 Å². The monoisotopic (exact) mass is 357 g/mol. The van der Waals surface area contributed by atoms with Crippen LogP contribution in [0.25, 0.3) is 0 Å². The van der Waals surface area contributed by atoms with E-state index in [9.17, 15) is 21.6 Å². The third-order valence-electron chi connectivity index (χ3n) is 3.53. The number of rotatable bonds is 3. The van der Waals surface area contributed by atoms with Gasteiger partial charge in [-0.15, -0.1) is 0 Å². The highest BCUT2D eigenvalue weighted by molar-refractivity contribution is 7.92. The zero-order chi connectivity index (χ0) is 18.3. The molecule has 0 unspecified atom stereocenters. The molecule has 0 atom stereocenters. The zero-order valence-electron chi connectivity index (χ0n) is 13.7. The molecule has 0 fully saturated rings. The van der Waals surface area contributed by atoms with Gasteiger partial charge in [0.1, 0.15) is 11.6 Å². The summed E-state index contributed by atoms with van der Waals surface area (Å²) >= 11 is 0. The summed E-state index contributed by atoms with van der Waals surface area (Å²) in [7, 11) is -4.61. The van der Waals surface area contributed by atoms with Crippen molar-refractivity contribution >= 4 is 15.7 Å². The molecule has 0 amide bonds. The molecule has 0 aliphatic carbocycles. The van der Waals surface area contributed by atoms with Crippen LogP contribution in [0.5, 0.6) is 0 Å². The fourth-order valence-electron chi connectivity index (χ4n) is 2.61. The Hall–Kier alpha value is -2.02. The standard InChI is InChI=1S/C17H18F3NO2S/c1-10-8-9-13(15(20)14(10)17(2,3)4)21-24(22,23)16-11(18)6-5-7-12(16)19/h5-9,21H,1-4H3. The van der Waals surface area contributed by atoms with E-state index in [1.165, 1.54) is 6.07 Å². The molecule has 0 radical (unpaired) electrons. The van der Waals surface area contributed by atoms with Crippen molar-refractivity contribution in [1.29, 1.82) is 0 Å². The van der Waals surface area contributed by atoms with Crippen LogP contribution in [-0.4, -0.2) is 8.42 Å². The third-order valence-corrected chi connectivity index (χ3v) is 4.95. The molecular formula is C17H18F3NO2S. The van der Waals surface area contributed by atoms with Gasteiger partial charge in [0.2, 0.25) is 0 Å². The topological polar surface area (TPSA) is 46.2 Å². The normalized spacial score (nSPS) is 12.3. The summed E-state index contributed by atoms with van der Waals surface area (Å²) in [6.07, 6.45) is 0. The van der Waals surface area contributed by atoms with E-state index in [1.807, 2.05) is 4.72 Å². The molecule has 0 aromatic heterocycles. The van der Waals surface area contributed by atoms with Crippen LogP contribution < -0.4 is 4.72 Å². The summed E-state index contributed by atoms with van der Waals surface area (Å²) in [5, 5.41) is 0.